The van der Waals surface area contributed by atoms with Crippen LogP contribution in [0.15, 0.2) is 10.7 Å². The molecule has 3 rings (SSSR count). The summed E-state index contributed by atoms with van der Waals surface area (Å²) in [6, 6.07) is 0. The molecule has 0 unspecified atom stereocenters. The molecular formula is C15H20N6O4. The van der Waals surface area contributed by atoms with Crippen molar-refractivity contribution in [2.45, 2.75) is 57.5 Å². The number of carbonyl (C=O) groups excluding carboxylic acids is 1. The maximum atomic E-state index is 11.9. The van der Waals surface area contributed by atoms with E-state index < -0.39 is 5.97 Å². The number of aromatic nitrogens is 5. The van der Waals surface area contributed by atoms with Gasteiger partial charge in [0.25, 0.3) is 0 Å². The fraction of sp³-hybridized carbons (Fsp3) is 0.600. The lowest BCUT2D eigenvalue weighted by Gasteiger charge is -2.01. The lowest BCUT2D eigenvalue weighted by molar-refractivity contribution is -0.138. The first-order valence-electron chi connectivity index (χ1n) is 8.30. The number of aliphatic carboxylic acids is 1. The van der Waals surface area contributed by atoms with E-state index in [1.54, 1.807) is 0 Å². The SMILES string of the molecule is O=C(O)Cn1cc(CNC(=O)CCc2nc(C3CCCC3)no2)nn1. The molecule has 0 saturated heterocycles. The summed E-state index contributed by atoms with van der Waals surface area (Å²) in [5.74, 6) is 0.442. The minimum Gasteiger partial charge on any atom is -0.480 e. The summed E-state index contributed by atoms with van der Waals surface area (Å²) in [6.07, 6.45) is 6.71. The van der Waals surface area contributed by atoms with Crippen molar-refractivity contribution in [1.29, 1.82) is 0 Å². The third-order valence-electron chi connectivity index (χ3n) is 4.12. The molecule has 0 aliphatic heterocycles. The molecule has 0 aromatic carbocycles. The Morgan fingerprint density at radius 2 is 2.16 bits per heavy atom. The highest BCUT2D eigenvalue weighted by atomic mass is 16.5. The number of carboxylic acids is 1. The van der Waals surface area contributed by atoms with Crippen LogP contribution in [-0.2, 0) is 29.1 Å². The fourth-order valence-electron chi connectivity index (χ4n) is 2.85. The Morgan fingerprint density at radius 3 is 2.92 bits per heavy atom. The number of carboxylic acid groups (broad SMARTS) is 1. The monoisotopic (exact) mass is 348 g/mol. The first-order valence-corrected chi connectivity index (χ1v) is 8.30. The van der Waals surface area contributed by atoms with Crippen molar-refractivity contribution in [2.24, 2.45) is 0 Å². The van der Waals surface area contributed by atoms with Gasteiger partial charge in [0.1, 0.15) is 12.2 Å². The summed E-state index contributed by atoms with van der Waals surface area (Å²) in [5.41, 5.74) is 0.496. The molecule has 134 valence electrons. The topological polar surface area (TPSA) is 136 Å². The van der Waals surface area contributed by atoms with Crippen molar-refractivity contribution in [3.8, 4) is 0 Å². The van der Waals surface area contributed by atoms with Gasteiger partial charge in [0, 0.05) is 18.8 Å². The number of hydrogen-bond acceptors (Lipinski definition) is 7. The molecule has 1 aliphatic rings. The van der Waals surface area contributed by atoms with Gasteiger partial charge in [0.2, 0.25) is 11.8 Å². The molecule has 10 heteroatoms. The van der Waals surface area contributed by atoms with Crippen molar-refractivity contribution in [3.63, 3.8) is 0 Å². The zero-order valence-electron chi connectivity index (χ0n) is 13.7. The smallest absolute Gasteiger partial charge is 0.325 e. The number of nitrogens with zero attached hydrogens (tertiary/aromatic N) is 5. The van der Waals surface area contributed by atoms with Crippen molar-refractivity contribution >= 4 is 11.9 Å². The van der Waals surface area contributed by atoms with E-state index in [2.05, 4.69) is 25.8 Å². The highest BCUT2D eigenvalue weighted by Gasteiger charge is 2.22. The quantitative estimate of drug-likeness (QED) is 0.709. The Balaban J connectivity index is 1.40. The molecule has 2 N–H and O–H groups in total. The Bertz CT molecular complexity index is 734. The standard InChI is InChI=1S/C15H20N6O4/c22-12(16-7-11-8-21(20-18-11)9-14(23)24)5-6-13-17-15(19-25-13)10-3-1-2-4-10/h8,10H,1-7,9H2,(H,16,22)(H,23,24). The molecule has 1 saturated carbocycles. The largest absolute Gasteiger partial charge is 0.480 e. The molecule has 10 nitrogen and oxygen atoms in total. The zero-order valence-corrected chi connectivity index (χ0v) is 13.7. The van der Waals surface area contributed by atoms with E-state index in [0.29, 0.717) is 23.9 Å². The second kappa shape index (κ2) is 7.86. The first-order chi connectivity index (χ1) is 12.1. The third kappa shape index (κ3) is 4.85. The number of amides is 1. The van der Waals surface area contributed by atoms with E-state index in [4.69, 9.17) is 9.63 Å². The van der Waals surface area contributed by atoms with Gasteiger partial charge < -0.3 is 14.9 Å². The summed E-state index contributed by atoms with van der Waals surface area (Å²) in [7, 11) is 0. The summed E-state index contributed by atoms with van der Waals surface area (Å²) < 4.78 is 6.41. The Labute approximate surface area is 143 Å². The predicted octanol–water partition coefficient (Wildman–Crippen LogP) is 0.652. The van der Waals surface area contributed by atoms with Gasteiger partial charge in [0.05, 0.1) is 12.7 Å². The van der Waals surface area contributed by atoms with Crippen LogP contribution in [-0.4, -0.2) is 42.1 Å². The second-order valence-electron chi connectivity index (χ2n) is 6.11. The average Bonchev–Trinajstić information content (AvgIpc) is 3.31. The number of nitrogens with one attached hydrogen (secondary N) is 1. The molecule has 0 atom stereocenters. The van der Waals surface area contributed by atoms with Gasteiger partial charge in [-0.3, -0.25) is 9.59 Å². The lowest BCUT2D eigenvalue weighted by Crippen LogP contribution is -2.23. The van der Waals surface area contributed by atoms with E-state index >= 15 is 0 Å². The highest BCUT2D eigenvalue weighted by Crippen LogP contribution is 2.32. The summed E-state index contributed by atoms with van der Waals surface area (Å²) in [6.45, 7) is -0.0724. The maximum Gasteiger partial charge on any atom is 0.325 e. The number of hydrogen-bond donors (Lipinski definition) is 2. The van der Waals surface area contributed by atoms with Crippen LogP contribution in [0.5, 0.6) is 0 Å². The molecule has 0 spiro atoms. The zero-order chi connectivity index (χ0) is 17.6. The van der Waals surface area contributed by atoms with E-state index in [1.165, 1.54) is 23.7 Å². The van der Waals surface area contributed by atoms with Crippen LogP contribution in [0.1, 0.15) is 55.4 Å². The lowest BCUT2D eigenvalue weighted by atomic mass is 10.1. The van der Waals surface area contributed by atoms with Crippen LogP contribution in [0.4, 0.5) is 0 Å². The molecule has 25 heavy (non-hydrogen) atoms. The molecule has 1 fully saturated rings. The molecule has 0 radical (unpaired) electrons. The highest BCUT2D eigenvalue weighted by molar-refractivity contribution is 5.75. The molecule has 0 bridgehead atoms. The Morgan fingerprint density at radius 1 is 1.36 bits per heavy atom. The van der Waals surface area contributed by atoms with Gasteiger partial charge in [-0.05, 0) is 12.8 Å². The number of rotatable bonds is 8. The molecule has 2 aromatic heterocycles. The summed E-state index contributed by atoms with van der Waals surface area (Å²) in [4.78, 5) is 26.8. The molecule has 2 heterocycles. The molecular weight excluding hydrogens is 328 g/mol. The van der Waals surface area contributed by atoms with Gasteiger partial charge in [-0.2, -0.15) is 4.98 Å². The van der Waals surface area contributed by atoms with Crippen molar-refractivity contribution in [3.05, 3.63) is 23.6 Å². The van der Waals surface area contributed by atoms with Crippen LogP contribution in [0.25, 0.3) is 0 Å². The first kappa shape index (κ1) is 17.1. The normalized spacial score (nSPS) is 14.7. The minimum atomic E-state index is -1.00. The van der Waals surface area contributed by atoms with E-state index in [1.807, 2.05) is 0 Å². The minimum absolute atomic E-state index is 0.173. The van der Waals surface area contributed by atoms with Crippen molar-refractivity contribution in [2.75, 3.05) is 0 Å². The van der Waals surface area contributed by atoms with Gasteiger partial charge in [-0.1, -0.05) is 23.2 Å². The van der Waals surface area contributed by atoms with Crippen LogP contribution in [0.3, 0.4) is 0 Å². The summed E-state index contributed by atoms with van der Waals surface area (Å²) in [5, 5.41) is 22.9. The molecule has 1 amide bonds. The third-order valence-corrected chi connectivity index (χ3v) is 4.12. The van der Waals surface area contributed by atoms with Gasteiger partial charge in [-0.25, -0.2) is 4.68 Å². The van der Waals surface area contributed by atoms with Gasteiger partial charge >= 0.3 is 5.97 Å². The average molecular weight is 348 g/mol. The Hall–Kier alpha value is -2.78. The van der Waals surface area contributed by atoms with E-state index in [-0.39, 0.29) is 25.4 Å². The maximum absolute atomic E-state index is 11.9. The van der Waals surface area contributed by atoms with Crippen LogP contribution >= 0.6 is 0 Å². The Kier molecular flexibility index (Phi) is 5.36. The molecule has 1 aliphatic carbocycles. The number of aryl methyl sites for hydroxylation is 1. The summed E-state index contributed by atoms with van der Waals surface area (Å²) >= 11 is 0. The van der Waals surface area contributed by atoms with Crippen LogP contribution in [0, 0.1) is 0 Å². The predicted molar refractivity (Wildman–Crippen MR) is 83.3 cm³/mol. The fourth-order valence-corrected chi connectivity index (χ4v) is 2.85. The van der Waals surface area contributed by atoms with Crippen LogP contribution < -0.4 is 5.32 Å². The van der Waals surface area contributed by atoms with Gasteiger partial charge in [-0.15, -0.1) is 5.10 Å². The van der Waals surface area contributed by atoms with Gasteiger partial charge in [0.15, 0.2) is 5.82 Å². The van der Waals surface area contributed by atoms with Crippen molar-refractivity contribution in [1.82, 2.24) is 30.5 Å². The van der Waals surface area contributed by atoms with E-state index in [0.717, 1.165) is 18.7 Å². The number of carbonyl (C=O) groups is 2. The second-order valence-corrected chi connectivity index (χ2v) is 6.11. The van der Waals surface area contributed by atoms with Crippen LogP contribution in [0.2, 0.25) is 0 Å². The van der Waals surface area contributed by atoms with E-state index in [9.17, 15) is 9.59 Å². The molecule has 2 aromatic rings. The van der Waals surface area contributed by atoms with Crippen molar-refractivity contribution < 1.29 is 19.2 Å².